The van der Waals surface area contributed by atoms with Gasteiger partial charge in [0.2, 0.25) is 5.95 Å². The second kappa shape index (κ2) is 7.31. The lowest BCUT2D eigenvalue weighted by Crippen LogP contribution is -2.32. The Kier molecular flexibility index (Phi) is 4.82. The molecular weight excluding hydrogens is 387 g/mol. The molecule has 0 bridgehead atoms. The summed E-state index contributed by atoms with van der Waals surface area (Å²) in [5, 5.41) is 19.6. The van der Waals surface area contributed by atoms with Gasteiger partial charge in [-0.15, -0.1) is 0 Å². The molecule has 1 aromatic carbocycles. The minimum Gasteiger partial charge on any atom is -0.460 e. The van der Waals surface area contributed by atoms with Crippen LogP contribution in [0.2, 0.25) is 0 Å². The van der Waals surface area contributed by atoms with Crippen LogP contribution in [0.3, 0.4) is 0 Å². The van der Waals surface area contributed by atoms with Crippen LogP contribution in [0.25, 0.3) is 11.2 Å². The van der Waals surface area contributed by atoms with E-state index in [-0.39, 0.29) is 29.7 Å². The van der Waals surface area contributed by atoms with Gasteiger partial charge in [0.05, 0.1) is 6.61 Å². The summed E-state index contributed by atoms with van der Waals surface area (Å²) in [6.07, 6.45) is -6.14. The molecule has 1 fully saturated rings. The lowest BCUT2D eigenvalue weighted by Gasteiger charge is -2.19. The second-order valence-electron chi connectivity index (χ2n) is 6.54. The number of hydrogen-bond donors (Lipinski definition) is 4. The number of halogens is 1. The van der Waals surface area contributed by atoms with Crippen molar-refractivity contribution in [3.05, 3.63) is 46.2 Å². The van der Waals surface area contributed by atoms with Gasteiger partial charge in [0, 0.05) is 0 Å². The molecule has 29 heavy (non-hydrogen) atoms. The zero-order valence-electron chi connectivity index (χ0n) is 15.1. The van der Waals surface area contributed by atoms with Crippen LogP contribution in [0.4, 0.5) is 10.3 Å². The van der Waals surface area contributed by atoms with Crippen LogP contribution in [0.5, 0.6) is 6.01 Å². The van der Waals surface area contributed by atoms with Crippen LogP contribution in [0, 0.1) is 0 Å². The number of nitrogens with two attached hydrogens (primary N) is 2. The van der Waals surface area contributed by atoms with Gasteiger partial charge < -0.3 is 31.3 Å². The Labute approximate surface area is 162 Å². The SMILES string of the molecule is Nc1nc2c(nc(OCc3ccccc3)n2[C@@H]2O[C@H](CO)[C@@H](F)[C@H]2O)c(=O)n1N. The smallest absolute Gasteiger partial charge is 0.301 e. The fourth-order valence-electron chi connectivity index (χ4n) is 3.16. The first-order valence-corrected chi connectivity index (χ1v) is 8.73. The van der Waals surface area contributed by atoms with E-state index in [0.29, 0.717) is 4.68 Å². The highest BCUT2D eigenvalue weighted by molar-refractivity contribution is 5.73. The molecule has 1 aliphatic heterocycles. The Bertz CT molecular complexity index is 1090. The molecule has 1 aliphatic rings. The van der Waals surface area contributed by atoms with E-state index >= 15 is 0 Å². The summed E-state index contributed by atoms with van der Waals surface area (Å²) in [6.45, 7) is -0.575. The number of nitrogen functional groups attached to an aromatic ring is 2. The predicted octanol–water partition coefficient (Wildman–Crippen LogP) is -0.943. The second-order valence-corrected chi connectivity index (χ2v) is 6.54. The Morgan fingerprint density at radius 3 is 2.66 bits per heavy atom. The number of benzene rings is 1. The molecule has 3 heterocycles. The number of rotatable bonds is 5. The number of imidazole rings is 1. The van der Waals surface area contributed by atoms with Crippen molar-refractivity contribution in [1.29, 1.82) is 0 Å². The van der Waals surface area contributed by atoms with Gasteiger partial charge >= 0.3 is 11.6 Å². The third-order valence-electron chi connectivity index (χ3n) is 4.68. The van der Waals surface area contributed by atoms with Crippen LogP contribution < -0.4 is 21.9 Å². The highest BCUT2D eigenvalue weighted by Crippen LogP contribution is 2.36. The zero-order chi connectivity index (χ0) is 20.7. The molecule has 154 valence electrons. The summed E-state index contributed by atoms with van der Waals surface area (Å²) in [5.74, 6) is 5.25. The van der Waals surface area contributed by atoms with Crippen molar-refractivity contribution in [2.75, 3.05) is 18.2 Å². The predicted molar refractivity (Wildman–Crippen MR) is 99.0 cm³/mol. The van der Waals surface area contributed by atoms with Crippen LogP contribution in [0.1, 0.15) is 11.8 Å². The fourth-order valence-corrected chi connectivity index (χ4v) is 3.16. The van der Waals surface area contributed by atoms with Gasteiger partial charge in [0.25, 0.3) is 0 Å². The van der Waals surface area contributed by atoms with Gasteiger partial charge in [-0.1, -0.05) is 30.3 Å². The van der Waals surface area contributed by atoms with E-state index in [4.69, 9.17) is 21.1 Å². The average molecular weight is 406 g/mol. The Morgan fingerprint density at radius 2 is 2.00 bits per heavy atom. The molecule has 2 aromatic heterocycles. The van der Waals surface area contributed by atoms with E-state index in [1.54, 1.807) is 0 Å². The number of ether oxygens (including phenoxy) is 2. The van der Waals surface area contributed by atoms with Gasteiger partial charge in [-0.3, -0.25) is 4.79 Å². The molecule has 0 spiro atoms. The van der Waals surface area contributed by atoms with Crippen molar-refractivity contribution in [2.24, 2.45) is 0 Å². The van der Waals surface area contributed by atoms with Crippen molar-refractivity contribution in [3.63, 3.8) is 0 Å². The molecule has 4 rings (SSSR count). The molecule has 0 saturated carbocycles. The quantitative estimate of drug-likeness (QED) is 0.391. The van der Waals surface area contributed by atoms with Gasteiger partial charge in [-0.25, -0.2) is 8.96 Å². The minimum atomic E-state index is -1.86. The molecule has 0 unspecified atom stereocenters. The average Bonchev–Trinajstić information content (AvgIpc) is 3.22. The molecule has 11 nitrogen and oxygen atoms in total. The van der Waals surface area contributed by atoms with E-state index < -0.39 is 36.8 Å². The van der Waals surface area contributed by atoms with E-state index in [0.717, 1.165) is 10.1 Å². The van der Waals surface area contributed by atoms with E-state index in [2.05, 4.69) is 9.97 Å². The van der Waals surface area contributed by atoms with Crippen LogP contribution >= 0.6 is 0 Å². The maximum Gasteiger partial charge on any atom is 0.301 e. The first-order chi connectivity index (χ1) is 13.9. The fraction of sp³-hybridized carbons (Fsp3) is 0.353. The number of hydrogen-bond acceptors (Lipinski definition) is 9. The summed E-state index contributed by atoms with van der Waals surface area (Å²) in [5.41, 5.74) is 5.44. The highest BCUT2D eigenvalue weighted by atomic mass is 19.1. The molecule has 3 aromatic rings. The number of anilines is 1. The van der Waals surface area contributed by atoms with E-state index in [1.807, 2.05) is 30.3 Å². The number of nitrogens with zero attached hydrogens (tertiary/aromatic N) is 4. The number of aliphatic hydroxyl groups is 2. The van der Waals surface area contributed by atoms with Gasteiger partial charge in [0.15, 0.2) is 23.6 Å². The largest absolute Gasteiger partial charge is 0.460 e. The molecule has 0 aliphatic carbocycles. The number of alkyl halides is 1. The topological polar surface area (TPSA) is 164 Å². The first-order valence-electron chi connectivity index (χ1n) is 8.73. The third-order valence-corrected chi connectivity index (χ3v) is 4.68. The van der Waals surface area contributed by atoms with Gasteiger partial charge in [0.1, 0.15) is 18.8 Å². The summed E-state index contributed by atoms with van der Waals surface area (Å²) in [7, 11) is 0. The summed E-state index contributed by atoms with van der Waals surface area (Å²) in [6, 6.07) is 8.97. The minimum absolute atomic E-state index is 0.0712. The number of fused-ring (bicyclic) bond motifs is 1. The summed E-state index contributed by atoms with van der Waals surface area (Å²) in [4.78, 5) is 20.6. The van der Waals surface area contributed by atoms with Gasteiger partial charge in [-0.05, 0) is 5.56 Å². The molecule has 0 amide bonds. The van der Waals surface area contributed by atoms with E-state index in [9.17, 15) is 19.4 Å². The highest BCUT2D eigenvalue weighted by Gasteiger charge is 2.46. The van der Waals surface area contributed by atoms with Crippen LogP contribution in [-0.4, -0.2) is 54.4 Å². The van der Waals surface area contributed by atoms with Crippen molar-refractivity contribution >= 4 is 17.1 Å². The molecule has 4 atom stereocenters. The standard InChI is InChI=1S/C17H19FN6O5/c18-10-9(6-25)29-15(12(10)26)23-13-11(14(27)24(20)16(19)22-13)21-17(23)28-7-8-4-2-1-3-5-8/h1-5,9-10,12,15,25-26H,6-7,20H2,(H2,19,22)/t9-,10-,12-,15-/m1/s1. The van der Waals surface area contributed by atoms with E-state index in [1.165, 1.54) is 0 Å². The molecule has 6 N–H and O–H groups in total. The maximum absolute atomic E-state index is 14.3. The molecule has 1 saturated heterocycles. The molecule has 12 heteroatoms. The van der Waals surface area contributed by atoms with Crippen molar-refractivity contribution in [2.45, 2.75) is 31.2 Å². The monoisotopic (exact) mass is 406 g/mol. The maximum atomic E-state index is 14.3. The number of aromatic nitrogens is 4. The van der Waals surface area contributed by atoms with Crippen LogP contribution in [0.15, 0.2) is 35.1 Å². The third kappa shape index (κ3) is 3.16. The summed E-state index contributed by atoms with van der Waals surface area (Å²) >= 11 is 0. The zero-order valence-corrected chi connectivity index (χ0v) is 15.1. The summed E-state index contributed by atoms with van der Waals surface area (Å²) < 4.78 is 27.2. The Balaban J connectivity index is 1.82. The first kappa shape index (κ1) is 19.1. The lowest BCUT2D eigenvalue weighted by molar-refractivity contribution is -0.0532. The van der Waals surface area contributed by atoms with Crippen LogP contribution in [-0.2, 0) is 11.3 Å². The normalized spacial score (nSPS) is 24.2. The van der Waals surface area contributed by atoms with Gasteiger partial charge in [-0.2, -0.15) is 14.6 Å². The Morgan fingerprint density at radius 1 is 1.28 bits per heavy atom. The Hall–Kier alpha value is -3.22. The van der Waals surface area contributed by atoms with Crippen molar-refractivity contribution in [3.8, 4) is 6.01 Å². The number of aliphatic hydroxyl groups excluding tert-OH is 2. The lowest BCUT2D eigenvalue weighted by atomic mass is 10.1. The van der Waals surface area contributed by atoms with Crippen molar-refractivity contribution < 1.29 is 24.1 Å². The molecule has 0 radical (unpaired) electrons. The molecular formula is C17H19FN6O5. The van der Waals surface area contributed by atoms with Crippen molar-refractivity contribution in [1.82, 2.24) is 19.2 Å².